The van der Waals surface area contributed by atoms with Crippen molar-refractivity contribution in [1.82, 2.24) is 14.6 Å². The maximum atomic E-state index is 11.6. The van der Waals surface area contributed by atoms with Crippen LogP contribution < -0.4 is 0 Å². The third-order valence-electron chi connectivity index (χ3n) is 4.83. The summed E-state index contributed by atoms with van der Waals surface area (Å²) < 4.78 is 5.16. The van der Waals surface area contributed by atoms with Crippen molar-refractivity contribution in [2.75, 3.05) is 0 Å². The van der Waals surface area contributed by atoms with Gasteiger partial charge in [0.1, 0.15) is 0 Å². The van der Waals surface area contributed by atoms with E-state index in [-0.39, 0.29) is 6.23 Å². The van der Waals surface area contributed by atoms with Crippen molar-refractivity contribution < 1.29 is 14.4 Å². The number of epoxide rings is 1. The van der Waals surface area contributed by atoms with Crippen LogP contribution in [0.5, 0.6) is 0 Å². The van der Waals surface area contributed by atoms with Gasteiger partial charge in [-0.2, -0.15) is 0 Å². The SMILES string of the molecule is O=C(O)[C@H](Cc1ccccc1)N1[C@@H]2[C@H](CCCCn3ccnc3)[O+]21. The number of benzene rings is 1. The zero-order chi connectivity index (χ0) is 16.5. The summed E-state index contributed by atoms with van der Waals surface area (Å²) in [7, 11) is 0. The van der Waals surface area contributed by atoms with Crippen LogP contribution in [0.4, 0.5) is 0 Å². The number of hydrogen-bond donors (Lipinski definition) is 1. The summed E-state index contributed by atoms with van der Waals surface area (Å²) in [5, 5.41) is 11.4. The molecule has 2 aliphatic heterocycles. The van der Waals surface area contributed by atoms with E-state index in [0.717, 1.165) is 31.4 Å². The van der Waals surface area contributed by atoms with Crippen molar-refractivity contribution >= 4 is 5.97 Å². The number of unbranched alkanes of at least 4 members (excludes halogenated alkanes) is 1. The van der Waals surface area contributed by atoms with Gasteiger partial charge < -0.3 is 9.67 Å². The highest BCUT2D eigenvalue weighted by molar-refractivity contribution is 5.74. The Balaban J connectivity index is 1.20. The summed E-state index contributed by atoms with van der Waals surface area (Å²) in [6.07, 6.45) is 10.3. The fraction of sp³-hybridized carbons (Fsp3) is 0.444. The van der Waals surface area contributed by atoms with Gasteiger partial charge in [-0.1, -0.05) is 30.3 Å². The molecule has 2 aliphatic rings. The monoisotopic (exact) mass is 328 g/mol. The number of imidazole rings is 1. The first-order valence-electron chi connectivity index (χ1n) is 8.48. The lowest BCUT2D eigenvalue weighted by Gasteiger charge is -2.12. The first-order valence-corrected chi connectivity index (χ1v) is 8.48. The van der Waals surface area contributed by atoms with Crippen LogP contribution in [0, 0.1) is 0 Å². The lowest BCUT2D eigenvalue weighted by Crippen LogP contribution is -2.38. The molecule has 2 aromatic rings. The number of carbonyl (C=O) groups is 1. The number of rotatable bonds is 9. The minimum atomic E-state index is -0.752. The molecule has 2 fully saturated rings. The summed E-state index contributed by atoms with van der Waals surface area (Å²) >= 11 is 0. The van der Waals surface area contributed by atoms with Crippen molar-refractivity contribution in [2.24, 2.45) is 0 Å². The number of hydrogen-bond acceptors (Lipinski definition) is 3. The average molecular weight is 328 g/mol. The first kappa shape index (κ1) is 15.4. The molecule has 1 unspecified atom stereocenters. The summed E-state index contributed by atoms with van der Waals surface area (Å²) in [6.45, 7) is 0.998. The van der Waals surface area contributed by atoms with E-state index < -0.39 is 12.0 Å². The van der Waals surface area contributed by atoms with Gasteiger partial charge in [0.25, 0.3) is 6.10 Å². The largest absolute Gasteiger partial charge is 0.480 e. The number of carboxylic acids is 1. The van der Waals surface area contributed by atoms with Crippen LogP contribution in [0.15, 0.2) is 49.1 Å². The standard InChI is InChI=1S/C18H21N3O3/c22-18(23)15(12-14-6-2-1-3-7-14)21-17-16(24(17)21)8-4-5-10-20-11-9-19-13-20/h1-3,6-7,9,11,13,15-17H,4-5,8,10,12H2/p+1/t15-,16-,17-,21?/m0/s1. The van der Waals surface area contributed by atoms with Gasteiger partial charge in [-0.3, -0.25) is 9.26 Å². The van der Waals surface area contributed by atoms with Gasteiger partial charge in [0.2, 0.25) is 0 Å². The Morgan fingerprint density at radius 3 is 2.75 bits per heavy atom. The van der Waals surface area contributed by atoms with Crippen LogP contribution in [0.1, 0.15) is 24.8 Å². The summed E-state index contributed by atoms with van der Waals surface area (Å²) in [5.74, 6) is -0.752. The summed E-state index contributed by atoms with van der Waals surface area (Å²) in [4.78, 5) is 15.6. The minimum absolute atomic E-state index is 0.281. The molecule has 126 valence electrons. The van der Waals surface area contributed by atoms with Gasteiger partial charge in [0.15, 0.2) is 6.04 Å². The van der Waals surface area contributed by atoms with E-state index >= 15 is 0 Å². The molecular formula is C18H22N3O3+. The number of aryl methyl sites for hydroxylation is 1. The molecule has 3 heterocycles. The molecule has 24 heavy (non-hydrogen) atoms. The molecule has 0 bridgehead atoms. The maximum Gasteiger partial charge on any atom is 0.371 e. The van der Waals surface area contributed by atoms with E-state index in [9.17, 15) is 9.90 Å². The van der Waals surface area contributed by atoms with E-state index in [4.69, 9.17) is 0 Å². The van der Waals surface area contributed by atoms with E-state index in [1.165, 1.54) is 0 Å². The van der Waals surface area contributed by atoms with Crippen molar-refractivity contribution in [3.8, 4) is 0 Å². The summed E-state index contributed by atoms with van der Waals surface area (Å²) in [6, 6.07) is 9.36. The lowest BCUT2D eigenvalue weighted by molar-refractivity contribution is -0.154. The number of carboxylic acid groups (broad SMARTS) is 1. The van der Waals surface area contributed by atoms with E-state index in [2.05, 4.69) is 14.0 Å². The predicted molar refractivity (Wildman–Crippen MR) is 88.1 cm³/mol. The maximum absolute atomic E-state index is 11.6. The highest BCUT2D eigenvalue weighted by atomic mass is 17.1. The molecule has 1 N–H and O–H groups in total. The van der Waals surface area contributed by atoms with Gasteiger partial charge in [-0.15, -0.1) is 0 Å². The minimum Gasteiger partial charge on any atom is -0.480 e. The highest BCUT2D eigenvalue weighted by Crippen LogP contribution is 2.59. The van der Waals surface area contributed by atoms with Crippen LogP contribution in [0.25, 0.3) is 0 Å². The third-order valence-corrected chi connectivity index (χ3v) is 4.83. The second-order valence-corrected chi connectivity index (χ2v) is 6.48. The average Bonchev–Trinajstić information content (AvgIpc) is 3.42. The lowest BCUT2D eigenvalue weighted by atomic mass is 10.1. The van der Waals surface area contributed by atoms with E-state index in [1.54, 1.807) is 6.20 Å². The Morgan fingerprint density at radius 2 is 2.08 bits per heavy atom. The van der Waals surface area contributed by atoms with Crippen LogP contribution in [-0.2, 0) is 22.2 Å². The molecule has 2 saturated heterocycles. The van der Waals surface area contributed by atoms with Gasteiger partial charge in [-0.05, 0) is 18.4 Å². The first-order chi connectivity index (χ1) is 11.8. The van der Waals surface area contributed by atoms with Crippen molar-refractivity contribution in [3.05, 3.63) is 54.6 Å². The number of fused-ring (bicyclic) bond motifs is 1. The molecule has 4 atom stereocenters. The molecule has 0 amide bonds. The third kappa shape index (κ3) is 3.07. The molecule has 1 aromatic heterocycles. The number of aromatic nitrogens is 2. The van der Waals surface area contributed by atoms with Gasteiger partial charge in [-0.25, -0.2) is 4.98 Å². The molecule has 0 aliphatic carbocycles. The van der Waals surface area contributed by atoms with Crippen molar-refractivity contribution in [1.29, 1.82) is 0 Å². The van der Waals surface area contributed by atoms with Crippen molar-refractivity contribution in [2.45, 2.75) is 50.6 Å². The van der Waals surface area contributed by atoms with E-state index in [0.29, 0.717) is 12.5 Å². The molecular weight excluding hydrogens is 306 g/mol. The summed E-state index contributed by atoms with van der Waals surface area (Å²) in [5.41, 5.74) is 1.06. The Kier molecular flexibility index (Phi) is 4.08. The van der Waals surface area contributed by atoms with Gasteiger partial charge in [0.05, 0.1) is 6.33 Å². The zero-order valence-corrected chi connectivity index (χ0v) is 13.5. The molecule has 6 heteroatoms. The topological polar surface area (TPSA) is 60.8 Å². The molecule has 0 radical (unpaired) electrons. The normalized spacial score (nSPS) is 25.9. The molecule has 0 spiro atoms. The Bertz CT molecular complexity index is 679. The number of nitrogens with zero attached hydrogens (tertiary/aromatic N) is 3. The number of aliphatic carboxylic acids is 1. The van der Waals surface area contributed by atoms with E-state index in [1.807, 2.05) is 47.9 Å². The fourth-order valence-electron chi connectivity index (χ4n) is 3.45. The quantitative estimate of drug-likeness (QED) is 0.436. The second kappa shape index (κ2) is 6.37. The molecule has 1 aromatic carbocycles. The molecule has 6 nitrogen and oxygen atoms in total. The van der Waals surface area contributed by atoms with Crippen LogP contribution in [-0.4, -0.2) is 44.1 Å². The van der Waals surface area contributed by atoms with Crippen LogP contribution in [0.2, 0.25) is 0 Å². The smallest absolute Gasteiger partial charge is 0.371 e. The Morgan fingerprint density at radius 1 is 1.29 bits per heavy atom. The second-order valence-electron chi connectivity index (χ2n) is 6.48. The highest BCUT2D eigenvalue weighted by Gasteiger charge is 2.87. The Labute approximate surface area is 141 Å². The predicted octanol–water partition coefficient (Wildman–Crippen LogP) is 2.24. The van der Waals surface area contributed by atoms with Gasteiger partial charge in [0, 0.05) is 36.8 Å². The zero-order valence-electron chi connectivity index (χ0n) is 13.5. The van der Waals surface area contributed by atoms with Crippen LogP contribution in [0.3, 0.4) is 0 Å². The fourth-order valence-corrected chi connectivity index (χ4v) is 3.45. The van der Waals surface area contributed by atoms with Gasteiger partial charge >= 0.3 is 12.2 Å². The van der Waals surface area contributed by atoms with Crippen LogP contribution >= 0.6 is 0 Å². The Hall–Kier alpha value is -2.18. The number of hydroxylamine groups is 2. The molecule has 4 rings (SSSR count). The van der Waals surface area contributed by atoms with Crippen molar-refractivity contribution in [3.63, 3.8) is 0 Å². The molecule has 0 saturated carbocycles.